The third-order valence-corrected chi connectivity index (χ3v) is 3.04. The summed E-state index contributed by atoms with van der Waals surface area (Å²) in [6, 6.07) is 6.14. The number of nitrogens with zero attached hydrogens (tertiary/aromatic N) is 1. The number of ether oxygens (including phenoxy) is 1. The molecule has 0 fully saturated rings. The number of carbonyl (C=O) groups excluding carboxylic acids is 1. The Bertz CT molecular complexity index is 413. The average Bonchev–Trinajstić information content (AvgIpc) is 2.34. The second-order valence-electron chi connectivity index (χ2n) is 4.89. The van der Waals surface area contributed by atoms with Crippen LogP contribution in [0.3, 0.4) is 0 Å². The van der Waals surface area contributed by atoms with Crippen molar-refractivity contribution < 1.29 is 9.53 Å². The smallest absolute Gasteiger partial charge is 0.260 e. The highest BCUT2D eigenvalue weighted by molar-refractivity contribution is 5.77. The fourth-order valence-electron chi connectivity index (χ4n) is 1.67. The Morgan fingerprint density at radius 1 is 1.39 bits per heavy atom. The third-order valence-electron chi connectivity index (χ3n) is 3.04. The van der Waals surface area contributed by atoms with Gasteiger partial charge in [-0.25, -0.2) is 0 Å². The highest BCUT2D eigenvalue weighted by atomic mass is 16.5. The highest BCUT2D eigenvalue weighted by Crippen LogP contribution is 2.27. The molecule has 0 N–H and O–H groups in total. The minimum Gasteiger partial charge on any atom is -0.483 e. The first kappa shape index (κ1) is 14.6. The number of rotatable bonds is 5. The van der Waals surface area contributed by atoms with Gasteiger partial charge >= 0.3 is 0 Å². The fraction of sp³-hybridized carbons (Fsp3) is 0.533. The van der Waals surface area contributed by atoms with E-state index in [1.807, 2.05) is 19.9 Å². The van der Waals surface area contributed by atoms with Crippen LogP contribution in [0, 0.1) is 6.92 Å². The second-order valence-corrected chi connectivity index (χ2v) is 4.89. The van der Waals surface area contributed by atoms with Crippen molar-refractivity contribution in [3.63, 3.8) is 0 Å². The molecule has 1 amide bonds. The van der Waals surface area contributed by atoms with E-state index in [1.54, 1.807) is 11.9 Å². The maximum Gasteiger partial charge on any atom is 0.260 e. The van der Waals surface area contributed by atoms with Gasteiger partial charge in [-0.05, 0) is 37.0 Å². The normalized spacial score (nSPS) is 10.6. The number of amides is 1. The summed E-state index contributed by atoms with van der Waals surface area (Å²) >= 11 is 0. The molecule has 1 aromatic carbocycles. The first-order chi connectivity index (χ1) is 8.45. The molecule has 0 saturated heterocycles. The van der Waals surface area contributed by atoms with Crippen LogP contribution < -0.4 is 4.74 Å². The van der Waals surface area contributed by atoms with E-state index in [0.717, 1.165) is 16.9 Å². The third kappa shape index (κ3) is 3.76. The lowest BCUT2D eigenvalue weighted by Gasteiger charge is -2.17. The number of aryl methyl sites for hydroxylation is 1. The Labute approximate surface area is 110 Å². The molecule has 1 aromatic rings. The SMILES string of the molecule is CCN(C)C(=O)COc1cc(C)ccc1C(C)C. The Morgan fingerprint density at radius 2 is 2.06 bits per heavy atom. The summed E-state index contributed by atoms with van der Waals surface area (Å²) in [6.45, 7) is 9.02. The molecule has 0 saturated carbocycles. The lowest BCUT2D eigenvalue weighted by atomic mass is 10.0. The standard InChI is InChI=1S/C15H23NO2/c1-6-16(5)15(17)10-18-14-9-12(4)7-8-13(14)11(2)3/h7-9,11H,6,10H2,1-5H3. The Kier molecular flexibility index (Phi) is 5.20. The van der Waals surface area contributed by atoms with Crippen LogP contribution in [0.2, 0.25) is 0 Å². The van der Waals surface area contributed by atoms with Crippen molar-refractivity contribution in [1.29, 1.82) is 0 Å². The average molecular weight is 249 g/mol. The molecule has 0 aliphatic carbocycles. The van der Waals surface area contributed by atoms with Crippen LogP contribution in [0.4, 0.5) is 0 Å². The van der Waals surface area contributed by atoms with E-state index in [-0.39, 0.29) is 12.5 Å². The van der Waals surface area contributed by atoms with E-state index >= 15 is 0 Å². The summed E-state index contributed by atoms with van der Waals surface area (Å²) in [5, 5.41) is 0. The van der Waals surface area contributed by atoms with E-state index in [0.29, 0.717) is 12.5 Å². The van der Waals surface area contributed by atoms with Gasteiger partial charge in [0, 0.05) is 13.6 Å². The molecule has 0 bridgehead atoms. The molecular weight excluding hydrogens is 226 g/mol. The minimum absolute atomic E-state index is 0.00807. The molecule has 0 atom stereocenters. The number of hydrogen-bond acceptors (Lipinski definition) is 2. The number of likely N-dealkylation sites (N-methyl/N-ethyl adjacent to an activating group) is 1. The van der Waals surface area contributed by atoms with Crippen molar-refractivity contribution in [2.75, 3.05) is 20.2 Å². The van der Waals surface area contributed by atoms with Gasteiger partial charge in [-0.3, -0.25) is 4.79 Å². The molecule has 18 heavy (non-hydrogen) atoms. The summed E-state index contributed by atoms with van der Waals surface area (Å²) in [4.78, 5) is 13.4. The molecule has 1 rings (SSSR count). The largest absolute Gasteiger partial charge is 0.483 e. The monoisotopic (exact) mass is 249 g/mol. The van der Waals surface area contributed by atoms with Crippen LogP contribution in [-0.4, -0.2) is 31.0 Å². The quantitative estimate of drug-likeness (QED) is 0.803. The number of carbonyl (C=O) groups is 1. The fourth-order valence-corrected chi connectivity index (χ4v) is 1.67. The summed E-state index contributed by atoms with van der Waals surface area (Å²) in [5.74, 6) is 1.22. The van der Waals surface area contributed by atoms with Crippen molar-refractivity contribution in [3.05, 3.63) is 29.3 Å². The van der Waals surface area contributed by atoms with Gasteiger partial charge in [-0.1, -0.05) is 26.0 Å². The van der Waals surface area contributed by atoms with Crippen LogP contribution in [0.15, 0.2) is 18.2 Å². The predicted octanol–water partition coefficient (Wildman–Crippen LogP) is 2.98. The second kappa shape index (κ2) is 6.43. The van der Waals surface area contributed by atoms with Crippen molar-refractivity contribution in [3.8, 4) is 5.75 Å². The topological polar surface area (TPSA) is 29.5 Å². The molecule has 3 nitrogen and oxygen atoms in total. The van der Waals surface area contributed by atoms with Crippen LogP contribution in [0.25, 0.3) is 0 Å². The van der Waals surface area contributed by atoms with Gasteiger partial charge in [0.15, 0.2) is 6.61 Å². The Balaban J connectivity index is 2.77. The van der Waals surface area contributed by atoms with Gasteiger partial charge in [0.2, 0.25) is 0 Å². The first-order valence-corrected chi connectivity index (χ1v) is 6.43. The van der Waals surface area contributed by atoms with E-state index in [2.05, 4.69) is 26.0 Å². The van der Waals surface area contributed by atoms with E-state index in [1.165, 1.54) is 0 Å². The maximum absolute atomic E-state index is 11.7. The summed E-state index contributed by atoms with van der Waals surface area (Å²) in [6.07, 6.45) is 0. The summed E-state index contributed by atoms with van der Waals surface area (Å²) in [7, 11) is 1.78. The molecule has 100 valence electrons. The molecule has 0 aliphatic rings. The van der Waals surface area contributed by atoms with Gasteiger partial charge in [0.05, 0.1) is 0 Å². The summed E-state index contributed by atoms with van der Waals surface area (Å²) in [5.41, 5.74) is 2.29. The minimum atomic E-state index is 0.00807. The van der Waals surface area contributed by atoms with Crippen LogP contribution >= 0.6 is 0 Å². The van der Waals surface area contributed by atoms with E-state index in [4.69, 9.17) is 4.74 Å². The first-order valence-electron chi connectivity index (χ1n) is 6.43. The summed E-state index contributed by atoms with van der Waals surface area (Å²) < 4.78 is 5.67. The van der Waals surface area contributed by atoms with Gasteiger partial charge in [-0.2, -0.15) is 0 Å². The lowest BCUT2D eigenvalue weighted by Crippen LogP contribution is -2.31. The molecule has 0 aliphatic heterocycles. The maximum atomic E-state index is 11.7. The van der Waals surface area contributed by atoms with Crippen molar-refractivity contribution in [2.24, 2.45) is 0 Å². The van der Waals surface area contributed by atoms with Gasteiger partial charge < -0.3 is 9.64 Å². The van der Waals surface area contributed by atoms with Crippen molar-refractivity contribution in [2.45, 2.75) is 33.6 Å². The zero-order valence-corrected chi connectivity index (χ0v) is 12.0. The van der Waals surface area contributed by atoms with Gasteiger partial charge in [-0.15, -0.1) is 0 Å². The van der Waals surface area contributed by atoms with Gasteiger partial charge in [0.1, 0.15) is 5.75 Å². The molecule has 3 heteroatoms. The zero-order valence-electron chi connectivity index (χ0n) is 12.0. The predicted molar refractivity (Wildman–Crippen MR) is 74.1 cm³/mol. The Hall–Kier alpha value is -1.51. The van der Waals surface area contributed by atoms with E-state index in [9.17, 15) is 4.79 Å². The molecule has 0 aromatic heterocycles. The lowest BCUT2D eigenvalue weighted by molar-refractivity contribution is -0.131. The van der Waals surface area contributed by atoms with Gasteiger partial charge in [0.25, 0.3) is 5.91 Å². The Morgan fingerprint density at radius 3 is 2.61 bits per heavy atom. The molecule has 0 radical (unpaired) electrons. The van der Waals surface area contributed by atoms with E-state index < -0.39 is 0 Å². The number of benzene rings is 1. The van der Waals surface area contributed by atoms with Crippen molar-refractivity contribution in [1.82, 2.24) is 4.90 Å². The molecule has 0 spiro atoms. The zero-order chi connectivity index (χ0) is 13.7. The molecule has 0 unspecified atom stereocenters. The molecular formula is C15H23NO2. The van der Waals surface area contributed by atoms with Crippen LogP contribution in [0.5, 0.6) is 5.75 Å². The molecule has 0 heterocycles. The number of hydrogen-bond donors (Lipinski definition) is 0. The van der Waals surface area contributed by atoms with Crippen LogP contribution in [0.1, 0.15) is 37.8 Å². The van der Waals surface area contributed by atoms with Crippen LogP contribution in [-0.2, 0) is 4.79 Å². The highest BCUT2D eigenvalue weighted by Gasteiger charge is 2.11. The van der Waals surface area contributed by atoms with Crippen molar-refractivity contribution >= 4 is 5.91 Å².